The molecule has 0 radical (unpaired) electrons. The first kappa shape index (κ1) is 15.5. The predicted molar refractivity (Wildman–Crippen MR) is 76.6 cm³/mol. The number of anilines is 1. The summed E-state index contributed by atoms with van der Waals surface area (Å²) in [6, 6.07) is 5.82. The third-order valence-electron chi connectivity index (χ3n) is 3.41. The number of aryl methyl sites for hydroxylation is 1. The zero-order valence-corrected chi connectivity index (χ0v) is 12.1. The zero-order chi connectivity index (χ0) is 14.4. The van der Waals surface area contributed by atoms with Crippen LogP contribution >= 0.6 is 0 Å². The van der Waals surface area contributed by atoms with E-state index in [1.54, 1.807) is 19.1 Å². The fraction of sp³-hybridized carbons (Fsp3) is 0.533. The van der Waals surface area contributed by atoms with E-state index in [0.717, 1.165) is 17.7 Å². The van der Waals surface area contributed by atoms with Crippen LogP contribution in [0.2, 0.25) is 0 Å². The van der Waals surface area contributed by atoms with Gasteiger partial charge in [0.05, 0.1) is 25.3 Å². The van der Waals surface area contributed by atoms with Crippen LogP contribution < -0.4 is 9.64 Å². The number of aliphatic hydroxyl groups is 1. The number of benzene rings is 1. The number of carbonyl (C=O) groups excluding carboxylic acids is 1. The molecule has 1 rings (SSSR count). The lowest BCUT2D eigenvalue weighted by Gasteiger charge is -2.24. The minimum Gasteiger partial charge on any atom is -0.495 e. The summed E-state index contributed by atoms with van der Waals surface area (Å²) >= 11 is 0. The van der Waals surface area contributed by atoms with Crippen molar-refractivity contribution in [3.05, 3.63) is 23.8 Å². The molecule has 1 atom stereocenters. The van der Waals surface area contributed by atoms with Gasteiger partial charge < -0.3 is 14.7 Å². The Morgan fingerprint density at radius 1 is 1.42 bits per heavy atom. The maximum absolute atomic E-state index is 12.3. The first-order valence-electron chi connectivity index (χ1n) is 6.64. The van der Waals surface area contributed by atoms with E-state index in [0.29, 0.717) is 12.2 Å². The Labute approximate surface area is 115 Å². The number of rotatable bonds is 6. The Morgan fingerprint density at radius 3 is 2.58 bits per heavy atom. The lowest BCUT2D eigenvalue weighted by Crippen LogP contribution is -2.34. The number of hydrogen-bond acceptors (Lipinski definition) is 3. The number of amides is 1. The van der Waals surface area contributed by atoms with Crippen molar-refractivity contribution in [3.8, 4) is 5.75 Å². The molecule has 1 aromatic rings. The molecule has 0 heterocycles. The molecule has 1 aromatic carbocycles. The Balaban J connectivity index is 3.09. The van der Waals surface area contributed by atoms with E-state index in [1.807, 2.05) is 25.1 Å². The molecule has 19 heavy (non-hydrogen) atoms. The highest BCUT2D eigenvalue weighted by Crippen LogP contribution is 2.30. The van der Waals surface area contributed by atoms with E-state index in [4.69, 9.17) is 4.74 Å². The van der Waals surface area contributed by atoms with Crippen LogP contribution in [0.3, 0.4) is 0 Å². The van der Waals surface area contributed by atoms with Gasteiger partial charge in [0.1, 0.15) is 5.75 Å². The fourth-order valence-electron chi connectivity index (χ4n) is 1.99. The predicted octanol–water partition coefficient (Wildman–Crippen LogP) is 2.24. The highest BCUT2D eigenvalue weighted by molar-refractivity contribution is 5.96. The third kappa shape index (κ3) is 3.47. The van der Waals surface area contributed by atoms with Gasteiger partial charge in [-0.05, 0) is 30.5 Å². The summed E-state index contributed by atoms with van der Waals surface area (Å²) in [4.78, 5) is 13.9. The van der Waals surface area contributed by atoms with Crippen LogP contribution in [0.5, 0.6) is 5.75 Å². The Bertz CT molecular complexity index is 427. The molecule has 0 saturated heterocycles. The average molecular weight is 265 g/mol. The molecule has 0 aliphatic heterocycles. The lowest BCUT2D eigenvalue weighted by atomic mass is 10.1. The van der Waals surface area contributed by atoms with E-state index in [2.05, 4.69) is 6.92 Å². The number of aliphatic hydroxyl groups excluding tert-OH is 1. The van der Waals surface area contributed by atoms with Gasteiger partial charge in [-0.1, -0.05) is 19.9 Å². The van der Waals surface area contributed by atoms with Crippen molar-refractivity contribution in [1.29, 1.82) is 0 Å². The van der Waals surface area contributed by atoms with E-state index >= 15 is 0 Å². The first-order valence-corrected chi connectivity index (χ1v) is 6.64. The van der Waals surface area contributed by atoms with Crippen molar-refractivity contribution >= 4 is 11.6 Å². The highest BCUT2D eigenvalue weighted by atomic mass is 16.5. The molecule has 0 spiro atoms. The number of hydrogen-bond donors (Lipinski definition) is 1. The second-order valence-electron chi connectivity index (χ2n) is 4.54. The lowest BCUT2D eigenvalue weighted by molar-refractivity contribution is -0.123. The van der Waals surface area contributed by atoms with Crippen molar-refractivity contribution in [1.82, 2.24) is 0 Å². The van der Waals surface area contributed by atoms with Gasteiger partial charge in [0.2, 0.25) is 5.91 Å². The SMILES string of the molecule is CCc1ccc(OC)c(N(C)C(=O)C(CC)CO)c1. The minimum atomic E-state index is -0.361. The summed E-state index contributed by atoms with van der Waals surface area (Å²) in [5, 5.41) is 9.24. The molecule has 1 unspecified atom stereocenters. The molecular formula is C15H23NO3. The molecule has 106 valence electrons. The summed E-state index contributed by atoms with van der Waals surface area (Å²) in [7, 11) is 3.31. The molecule has 4 heteroatoms. The quantitative estimate of drug-likeness (QED) is 0.858. The molecule has 0 saturated carbocycles. The normalized spacial score (nSPS) is 12.1. The standard InChI is InChI=1S/C15H23NO3/c1-5-11-7-8-14(19-4)13(9-11)16(3)15(18)12(6-2)10-17/h7-9,12,17H,5-6,10H2,1-4H3. The van der Waals surface area contributed by atoms with Gasteiger partial charge in [-0.15, -0.1) is 0 Å². The molecule has 0 bridgehead atoms. The van der Waals surface area contributed by atoms with Gasteiger partial charge in [0.15, 0.2) is 0 Å². The van der Waals surface area contributed by atoms with E-state index < -0.39 is 0 Å². The maximum atomic E-state index is 12.3. The van der Waals surface area contributed by atoms with Crippen LogP contribution in [0, 0.1) is 5.92 Å². The van der Waals surface area contributed by atoms with E-state index in [-0.39, 0.29) is 18.4 Å². The van der Waals surface area contributed by atoms with Gasteiger partial charge in [-0.25, -0.2) is 0 Å². The summed E-state index contributed by atoms with van der Waals surface area (Å²) in [6.07, 6.45) is 1.52. The van der Waals surface area contributed by atoms with Crippen molar-refractivity contribution in [2.45, 2.75) is 26.7 Å². The monoisotopic (exact) mass is 265 g/mol. The van der Waals surface area contributed by atoms with Gasteiger partial charge in [0.25, 0.3) is 0 Å². The molecule has 1 N–H and O–H groups in total. The number of carbonyl (C=O) groups is 1. The largest absolute Gasteiger partial charge is 0.495 e. The smallest absolute Gasteiger partial charge is 0.232 e. The van der Waals surface area contributed by atoms with Crippen LogP contribution in [0.1, 0.15) is 25.8 Å². The van der Waals surface area contributed by atoms with Crippen LogP contribution in [0.25, 0.3) is 0 Å². The van der Waals surface area contributed by atoms with Gasteiger partial charge in [-0.2, -0.15) is 0 Å². The highest BCUT2D eigenvalue weighted by Gasteiger charge is 2.22. The number of nitrogens with zero attached hydrogens (tertiary/aromatic N) is 1. The molecule has 0 aromatic heterocycles. The molecule has 0 aliphatic carbocycles. The minimum absolute atomic E-state index is 0.0865. The summed E-state index contributed by atoms with van der Waals surface area (Å²) in [5.41, 5.74) is 1.89. The Morgan fingerprint density at radius 2 is 2.11 bits per heavy atom. The van der Waals surface area contributed by atoms with Crippen LogP contribution in [-0.4, -0.2) is 31.8 Å². The topological polar surface area (TPSA) is 49.8 Å². The second kappa shape index (κ2) is 7.14. The number of ether oxygens (including phenoxy) is 1. The first-order chi connectivity index (χ1) is 9.08. The third-order valence-corrected chi connectivity index (χ3v) is 3.41. The van der Waals surface area contributed by atoms with Gasteiger partial charge in [0, 0.05) is 7.05 Å². The molecular weight excluding hydrogens is 242 g/mol. The Kier molecular flexibility index (Phi) is 5.83. The van der Waals surface area contributed by atoms with Crippen molar-refractivity contribution < 1.29 is 14.6 Å². The van der Waals surface area contributed by atoms with Crippen LogP contribution in [0.4, 0.5) is 5.69 Å². The average Bonchev–Trinajstić information content (AvgIpc) is 2.46. The Hall–Kier alpha value is -1.55. The van der Waals surface area contributed by atoms with Crippen molar-refractivity contribution in [3.63, 3.8) is 0 Å². The molecule has 0 aliphatic rings. The van der Waals surface area contributed by atoms with Gasteiger partial charge >= 0.3 is 0 Å². The second-order valence-corrected chi connectivity index (χ2v) is 4.54. The zero-order valence-electron chi connectivity index (χ0n) is 12.1. The number of methoxy groups -OCH3 is 1. The van der Waals surface area contributed by atoms with Crippen LogP contribution in [0.15, 0.2) is 18.2 Å². The summed E-state index contributed by atoms with van der Waals surface area (Å²) in [6.45, 7) is 3.83. The summed E-state index contributed by atoms with van der Waals surface area (Å²) in [5.74, 6) is 0.220. The van der Waals surface area contributed by atoms with Crippen molar-refractivity contribution in [2.75, 3.05) is 25.7 Å². The van der Waals surface area contributed by atoms with Crippen molar-refractivity contribution in [2.24, 2.45) is 5.92 Å². The maximum Gasteiger partial charge on any atom is 0.232 e. The van der Waals surface area contributed by atoms with Gasteiger partial charge in [-0.3, -0.25) is 4.79 Å². The molecule has 0 fully saturated rings. The van der Waals surface area contributed by atoms with E-state index in [9.17, 15) is 9.90 Å². The van der Waals surface area contributed by atoms with E-state index in [1.165, 1.54) is 0 Å². The molecule has 4 nitrogen and oxygen atoms in total. The summed E-state index contributed by atoms with van der Waals surface area (Å²) < 4.78 is 5.31. The fourth-order valence-corrected chi connectivity index (χ4v) is 1.99. The molecule has 1 amide bonds. The van der Waals surface area contributed by atoms with Crippen LogP contribution in [-0.2, 0) is 11.2 Å².